The van der Waals surface area contributed by atoms with Crippen LogP contribution < -0.4 is 0 Å². The van der Waals surface area contributed by atoms with Gasteiger partial charge in [0.05, 0.1) is 0 Å². The second-order valence-corrected chi connectivity index (χ2v) is 4.12. The summed E-state index contributed by atoms with van der Waals surface area (Å²) in [6.45, 7) is 0. The van der Waals surface area contributed by atoms with Gasteiger partial charge in [0.25, 0.3) is 0 Å². The molecule has 0 nitrogen and oxygen atoms in total. The highest BCUT2D eigenvalue weighted by molar-refractivity contribution is 8.00. The number of rotatable bonds is 3. The molecule has 0 fully saturated rings. The third-order valence-corrected chi connectivity index (χ3v) is 2.39. The number of allylic oxidation sites excluding steroid dienone is 1. The molecule has 1 aromatic rings. The number of halogens is 4. The molecule has 0 spiro atoms. The van der Waals surface area contributed by atoms with Crippen LogP contribution in [0.25, 0.3) is 6.08 Å². The fourth-order valence-electron chi connectivity index (χ4n) is 0.996. The topological polar surface area (TPSA) is 0 Å². The summed E-state index contributed by atoms with van der Waals surface area (Å²) in [6, 6.07) is 6.21. The van der Waals surface area contributed by atoms with Gasteiger partial charge >= 0.3 is 5.51 Å². The van der Waals surface area contributed by atoms with E-state index in [4.69, 9.17) is 11.6 Å². The Kier molecular flexibility index (Phi) is 4.54. The van der Waals surface area contributed by atoms with Crippen LogP contribution in [0.5, 0.6) is 0 Å². The molecule has 0 aliphatic carbocycles. The summed E-state index contributed by atoms with van der Waals surface area (Å²) in [5.74, 6) is 0.344. The summed E-state index contributed by atoms with van der Waals surface area (Å²) in [4.78, 5) is 0.180. The van der Waals surface area contributed by atoms with Crippen LogP contribution in [0.3, 0.4) is 0 Å². The molecule has 82 valence electrons. The van der Waals surface area contributed by atoms with Gasteiger partial charge in [0.15, 0.2) is 0 Å². The molecule has 1 rings (SSSR count). The van der Waals surface area contributed by atoms with Crippen molar-refractivity contribution in [2.24, 2.45) is 0 Å². The van der Waals surface area contributed by atoms with Crippen LogP contribution in [-0.2, 0) is 0 Å². The first-order valence-corrected chi connectivity index (χ1v) is 5.45. The second-order valence-electron chi connectivity index (χ2n) is 2.68. The van der Waals surface area contributed by atoms with Crippen molar-refractivity contribution in [3.05, 3.63) is 35.9 Å². The number of hydrogen-bond donors (Lipinski definition) is 0. The minimum absolute atomic E-state index is 0.119. The lowest BCUT2D eigenvalue weighted by molar-refractivity contribution is -0.0328. The molecule has 1 aromatic carbocycles. The van der Waals surface area contributed by atoms with Crippen LogP contribution in [0.2, 0.25) is 0 Å². The summed E-state index contributed by atoms with van der Waals surface area (Å²) < 4.78 is 36.1. The smallest absolute Gasteiger partial charge is 0.160 e. The van der Waals surface area contributed by atoms with Gasteiger partial charge in [0.2, 0.25) is 0 Å². The van der Waals surface area contributed by atoms with E-state index in [2.05, 4.69) is 0 Å². The number of thioether (sulfide) groups is 1. The van der Waals surface area contributed by atoms with Crippen LogP contribution in [0.1, 0.15) is 5.56 Å². The monoisotopic (exact) mass is 252 g/mol. The Hall–Kier alpha value is -0.610. The summed E-state index contributed by atoms with van der Waals surface area (Å²) >= 11 is 5.31. The predicted octanol–water partition coefficient (Wildman–Crippen LogP) is 4.55. The van der Waals surface area contributed by atoms with Crippen molar-refractivity contribution in [3.63, 3.8) is 0 Å². The molecule has 0 aliphatic rings. The first-order chi connectivity index (χ1) is 7.01. The van der Waals surface area contributed by atoms with Crippen LogP contribution in [0.15, 0.2) is 35.2 Å². The summed E-state index contributed by atoms with van der Waals surface area (Å²) in [5.41, 5.74) is -3.53. The van der Waals surface area contributed by atoms with Crippen molar-refractivity contribution in [2.75, 3.05) is 5.88 Å². The highest BCUT2D eigenvalue weighted by atomic mass is 35.5. The normalized spacial score (nSPS) is 12.3. The molecule has 0 radical (unpaired) electrons. The molecular weight excluding hydrogens is 245 g/mol. The number of hydrogen-bond acceptors (Lipinski definition) is 1. The molecule has 0 heterocycles. The summed E-state index contributed by atoms with van der Waals surface area (Å²) in [6.07, 6.45) is 3.37. The van der Waals surface area contributed by atoms with E-state index in [9.17, 15) is 13.2 Å². The number of alkyl halides is 4. The average Bonchev–Trinajstić information content (AvgIpc) is 2.12. The Morgan fingerprint density at radius 2 is 2.07 bits per heavy atom. The second kappa shape index (κ2) is 5.47. The average molecular weight is 253 g/mol. The Morgan fingerprint density at radius 1 is 1.33 bits per heavy atom. The molecule has 5 heteroatoms. The fourth-order valence-corrected chi connectivity index (χ4v) is 1.69. The van der Waals surface area contributed by atoms with Gasteiger partial charge in [0.1, 0.15) is 0 Å². The largest absolute Gasteiger partial charge is 0.446 e. The van der Waals surface area contributed by atoms with Crippen LogP contribution >= 0.6 is 23.4 Å². The van der Waals surface area contributed by atoms with Crippen molar-refractivity contribution in [1.29, 1.82) is 0 Å². The highest BCUT2D eigenvalue weighted by Gasteiger charge is 2.28. The Labute approximate surface area is 95.1 Å². The maximum Gasteiger partial charge on any atom is 0.446 e. The van der Waals surface area contributed by atoms with Crippen LogP contribution in [0, 0.1) is 0 Å². The van der Waals surface area contributed by atoms with E-state index in [0.717, 1.165) is 0 Å². The molecule has 0 unspecified atom stereocenters. The van der Waals surface area contributed by atoms with Gasteiger partial charge < -0.3 is 0 Å². The Morgan fingerprint density at radius 3 is 2.67 bits per heavy atom. The third-order valence-electron chi connectivity index (χ3n) is 1.49. The van der Waals surface area contributed by atoms with E-state index >= 15 is 0 Å². The first-order valence-electron chi connectivity index (χ1n) is 4.09. The molecule has 0 aliphatic heterocycles. The van der Waals surface area contributed by atoms with E-state index in [1.54, 1.807) is 24.3 Å². The quantitative estimate of drug-likeness (QED) is 0.562. The van der Waals surface area contributed by atoms with E-state index in [-0.39, 0.29) is 16.7 Å². The Bertz CT molecular complexity index is 347. The first kappa shape index (κ1) is 12.5. The van der Waals surface area contributed by atoms with E-state index in [1.807, 2.05) is 0 Å². The maximum atomic E-state index is 12.0. The van der Waals surface area contributed by atoms with Gasteiger partial charge in [0, 0.05) is 10.8 Å². The fraction of sp³-hybridized carbons (Fsp3) is 0.200. The van der Waals surface area contributed by atoms with Crippen molar-refractivity contribution in [1.82, 2.24) is 0 Å². The van der Waals surface area contributed by atoms with Gasteiger partial charge in [-0.1, -0.05) is 24.3 Å². The molecule has 15 heavy (non-hydrogen) atoms. The maximum absolute atomic E-state index is 12.0. The van der Waals surface area contributed by atoms with Crippen LogP contribution in [0.4, 0.5) is 13.2 Å². The molecule has 0 amide bonds. The lowest BCUT2D eigenvalue weighted by Gasteiger charge is -2.05. The molecular formula is C10H8ClF3S. The Balaban J connectivity index is 2.79. The van der Waals surface area contributed by atoms with Crippen molar-refractivity contribution in [2.45, 2.75) is 10.4 Å². The number of benzene rings is 1. The van der Waals surface area contributed by atoms with Gasteiger partial charge in [-0.05, 0) is 29.5 Å². The zero-order valence-electron chi connectivity index (χ0n) is 7.59. The van der Waals surface area contributed by atoms with Gasteiger partial charge in [-0.3, -0.25) is 0 Å². The van der Waals surface area contributed by atoms with Crippen molar-refractivity contribution >= 4 is 29.4 Å². The molecule has 0 saturated heterocycles. The molecule has 0 saturated carbocycles. The standard InChI is InChI=1S/C10H8ClF3S/c11-6-2-4-8-3-1-5-9(7-8)15-10(12,13)14/h1-5,7H,6H2. The SMILES string of the molecule is FC(F)(F)Sc1cccc(C=CCCl)c1. The lowest BCUT2D eigenvalue weighted by Crippen LogP contribution is -1.98. The van der Waals surface area contributed by atoms with Crippen molar-refractivity contribution < 1.29 is 13.2 Å². The van der Waals surface area contributed by atoms with Crippen molar-refractivity contribution in [3.8, 4) is 0 Å². The van der Waals surface area contributed by atoms with Crippen LogP contribution in [-0.4, -0.2) is 11.4 Å². The zero-order chi connectivity index (χ0) is 11.3. The summed E-state index contributed by atoms with van der Waals surface area (Å²) in [5, 5.41) is 0. The highest BCUT2D eigenvalue weighted by Crippen LogP contribution is 2.36. The van der Waals surface area contributed by atoms with E-state index < -0.39 is 5.51 Å². The molecule has 0 N–H and O–H groups in total. The molecule has 0 bridgehead atoms. The van der Waals surface area contributed by atoms with E-state index in [0.29, 0.717) is 11.4 Å². The van der Waals surface area contributed by atoms with Gasteiger partial charge in [-0.15, -0.1) is 11.6 Å². The van der Waals surface area contributed by atoms with Gasteiger partial charge in [-0.2, -0.15) is 13.2 Å². The lowest BCUT2D eigenvalue weighted by atomic mass is 10.2. The van der Waals surface area contributed by atoms with Gasteiger partial charge in [-0.25, -0.2) is 0 Å². The van der Waals surface area contributed by atoms with E-state index in [1.165, 1.54) is 12.1 Å². The minimum Gasteiger partial charge on any atom is -0.160 e. The molecule has 0 aromatic heterocycles. The minimum atomic E-state index is -4.24. The predicted molar refractivity (Wildman–Crippen MR) is 58.1 cm³/mol. The zero-order valence-corrected chi connectivity index (χ0v) is 9.16. The third kappa shape index (κ3) is 5.14. The summed E-state index contributed by atoms with van der Waals surface area (Å²) in [7, 11) is 0. The molecule has 0 atom stereocenters.